The highest BCUT2D eigenvalue weighted by Crippen LogP contribution is 2.19. The molecule has 0 saturated heterocycles. The molecule has 154 valence electrons. The SMILES string of the molecule is CCNC(=O)c1cccc(CN=C(NCC)NCC(C)(O)c2ccco2)c1.I. The lowest BCUT2D eigenvalue weighted by Gasteiger charge is -2.22. The van der Waals surface area contributed by atoms with Crippen LogP contribution < -0.4 is 16.0 Å². The highest BCUT2D eigenvalue weighted by atomic mass is 127. The highest BCUT2D eigenvalue weighted by Gasteiger charge is 2.26. The van der Waals surface area contributed by atoms with E-state index in [2.05, 4.69) is 20.9 Å². The van der Waals surface area contributed by atoms with E-state index in [1.54, 1.807) is 25.1 Å². The van der Waals surface area contributed by atoms with Gasteiger partial charge in [0.05, 0.1) is 19.4 Å². The summed E-state index contributed by atoms with van der Waals surface area (Å²) in [6.07, 6.45) is 1.53. The molecule has 1 aromatic heterocycles. The minimum Gasteiger partial charge on any atom is -0.466 e. The Bertz CT molecular complexity index is 761. The molecule has 8 heteroatoms. The lowest BCUT2D eigenvalue weighted by atomic mass is 10.0. The number of halogens is 1. The summed E-state index contributed by atoms with van der Waals surface area (Å²) < 4.78 is 5.29. The number of carbonyl (C=O) groups is 1. The third kappa shape index (κ3) is 7.16. The molecule has 28 heavy (non-hydrogen) atoms. The Kier molecular flexibility index (Phi) is 10.0. The van der Waals surface area contributed by atoms with Crippen LogP contribution in [0.4, 0.5) is 0 Å². The van der Waals surface area contributed by atoms with E-state index in [-0.39, 0.29) is 36.4 Å². The van der Waals surface area contributed by atoms with Gasteiger partial charge in [-0.15, -0.1) is 24.0 Å². The van der Waals surface area contributed by atoms with Gasteiger partial charge in [-0.05, 0) is 50.6 Å². The van der Waals surface area contributed by atoms with Crippen LogP contribution >= 0.6 is 24.0 Å². The van der Waals surface area contributed by atoms with Crippen LogP contribution in [0.5, 0.6) is 0 Å². The van der Waals surface area contributed by atoms with Crippen LogP contribution in [0.3, 0.4) is 0 Å². The van der Waals surface area contributed by atoms with Crippen molar-refractivity contribution in [3.05, 3.63) is 59.5 Å². The first-order chi connectivity index (χ1) is 13.0. The minimum atomic E-state index is -1.15. The van der Waals surface area contributed by atoms with Gasteiger partial charge in [-0.1, -0.05) is 12.1 Å². The molecule has 2 rings (SSSR count). The second-order valence-electron chi connectivity index (χ2n) is 6.36. The van der Waals surface area contributed by atoms with Gasteiger partial charge in [-0.25, -0.2) is 4.99 Å². The number of furan rings is 1. The highest BCUT2D eigenvalue weighted by molar-refractivity contribution is 14.0. The molecule has 0 aliphatic rings. The molecular formula is C20H29IN4O3. The van der Waals surface area contributed by atoms with Crippen molar-refractivity contribution in [2.45, 2.75) is 32.9 Å². The van der Waals surface area contributed by atoms with Crippen molar-refractivity contribution in [1.82, 2.24) is 16.0 Å². The molecule has 1 aromatic carbocycles. The Morgan fingerprint density at radius 2 is 1.89 bits per heavy atom. The molecule has 0 aliphatic carbocycles. The molecule has 0 bridgehead atoms. The fourth-order valence-electron chi connectivity index (χ4n) is 2.51. The van der Waals surface area contributed by atoms with Crippen molar-refractivity contribution in [3.8, 4) is 0 Å². The standard InChI is InChI=1S/C20H28N4O3.HI/c1-4-21-18(25)16-9-6-8-15(12-16)13-23-19(22-5-2)24-14-20(3,26)17-10-7-11-27-17;/h6-12,26H,4-5,13-14H2,1-3H3,(H,21,25)(H2,22,23,24);1H. The predicted octanol–water partition coefficient (Wildman–Crippen LogP) is 2.61. The van der Waals surface area contributed by atoms with Gasteiger partial charge in [-0.2, -0.15) is 0 Å². The zero-order chi connectivity index (χ0) is 19.7. The van der Waals surface area contributed by atoms with Gasteiger partial charge >= 0.3 is 0 Å². The normalized spacial score (nSPS) is 13.2. The van der Waals surface area contributed by atoms with Gasteiger partial charge in [0.25, 0.3) is 5.91 Å². The van der Waals surface area contributed by atoms with Crippen LogP contribution in [-0.4, -0.2) is 36.6 Å². The maximum absolute atomic E-state index is 12.0. The van der Waals surface area contributed by atoms with E-state index in [9.17, 15) is 9.90 Å². The predicted molar refractivity (Wildman–Crippen MR) is 121 cm³/mol. The van der Waals surface area contributed by atoms with Crippen molar-refractivity contribution >= 4 is 35.8 Å². The van der Waals surface area contributed by atoms with Crippen molar-refractivity contribution in [2.24, 2.45) is 4.99 Å². The van der Waals surface area contributed by atoms with Crippen LogP contribution in [0, 0.1) is 0 Å². The van der Waals surface area contributed by atoms with E-state index in [0.717, 1.165) is 5.56 Å². The quantitative estimate of drug-likeness (QED) is 0.254. The number of carbonyl (C=O) groups excluding carboxylic acids is 1. The van der Waals surface area contributed by atoms with E-state index in [1.165, 1.54) is 6.26 Å². The van der Waals surface area contributed by atoms with Gasteiger partial charge in [0.2, 0.25) is 0 Å². The summed E-state index contributed by atoms with van der Waals surface area (Å²) in [6.45, 7) is 7.46. The Morgan fingerprint density at radius 3 is 2.54 bits per heavy atom. The van der Waals surface area contributed by atoms with E-state index in [0.29, 0.717) is 36.9 Å². The van der Waals surface area contributed by atoms with Gasteiger partial charge in [0.1, 0.15) is 11.4 Å². The zero-order valence-electron chi connectivity index (χ0n) is 16.5. The number of hydrogen-bond donors (Lipinski definition) is 4. The van der Waals surface area contributed by atoms with Gasteiger partial charge in [0.15, 0.2) is 5.96 Å². The smallest absolute Gasteiger partial charge is 0.251 e. The monoisotopic (exact) mass is 500 g/mol. The lowest BCUT2D eigenvalue weighted by Crippen LogP contribution is -2.44. The molecule has 2 aromatic rings. The number of guanidine groups is 1. The Balaban J connectivity index is 0.00000392. The van der Waals surface area contributed by atoms with Crippen LogP contribution in [0.1, 0.15) is 42.5 Å². The molecule has 7 nitrogen and oxygen atoms in total. The average molecular weight is 500 g/mol. The van der Waals surface area contributed by atoms with E-state index in [1.807, 2.05) is 32.0 Å². The summed E-state index contributed by atoms with van der Waals surface area (Å²) in [7, 11) is 0. The Morgan fingerprint density at radius 1 is 1.14 bits per heavy atom. The van der Waals surface area contributed by atoms with Crippen LogP contribution in [0.2, 0.25) is 0 Å². The van der Waals surface area contributed by atoms with E-state index >= 15 is 0 Å². The molecule has 0 aliphatic heterocycles. The van der Waals surface area contributed by atoms with Crippen molar-refractivity contribution in [2.75, 3.05) is 19.6 Å². The Hall–Kier alpha value is -2.07. The second-order valence-corrected chi connectivity index (χ2v) is 6.36. The number of aliphatic imine (C=N–C) groups is 1. The van der Waals surface area contributed by atoms with Crippen LogP contribution in [0.15, 0.2) is 52.1 Å². The molecule has 1 unspecified atom stereocenters. The van der Waals surface area contributed by atoms with Crippen molar-refractivity contribution in [3.63, 3.8) is 0 Å². The summed E-state index contributed by atoms with van der Waals surface area (Å²) in [5.74, 6) is 0.969. The number of amides is 1. The summed E-state index contributed by atoms with van der Waals surface area (Å²) in [6, 6.07) is 10.9. The van der Waals surface area contributed by atoms with Gasteiger partial charge in [-0.3, -0.25) is 4.79 Å². The molecule has 1 atom stereocenters. The summed E-state index contributed by atoms with van der Waals surface area (Å²) >= 11 is 0. The molecule has 0 saturated carbocycles. The molecule has 0 fully saturated rings. The largest absolute Gasteiger partial charge is 0.466 e. The summed E-state index contributed by atoms with van der Waals surface area (Å²) in [5, 5.41) is 19.6. The first kappa shape index (κ1) is 24.0. The molecule has 1 heterocycles. The summed E-state index contributed by atoms with van der Waals surface area (Å²) in [4.78, 5) is 16.5. The first-order valence-corrected chi connectivity index (χ1v) is 9.12. The number of nitrogens with one attached hydrogen (secondary N) is 3. The minimum absolute atomic E-state index is 0. The number of aliphatic hydroxyl groups is 1. The fraction of sp³-hybridized carbons (Fsp3) is 0.400. The Labute approximate surface area is 183 Å². The lowest BCUT2D eigenvalue weighted by molar-refractivity contribution is 0.0386. The van der Waals surface area contributed by atoms with Crippen LogP contribution in [0.25, 0.3) is 0 Å². The van der Waals surface area contributed by atoms with Gasteiger partial charge < -0.3 is 25.5 Å². The molecule has 0 radical (unpaired) electrons. The maximum Gasteiger partial charge on any atom is 0.251 e. The van der Waals surface area contributed by atoms with Crippen LogP contribution in [-0.2, 0) is 12.1 Å². The molecule has 1 amide bonds. The number of nitrogens with zero attached hydrogens (tertiary/aromatic N) is 1. The number of benzene rings is 1. The summed E-state index contributed by atoms with van der Waals surface area (Å²) in [5.41, 5.74) is 0.384. The molecule has 4 N–H and O–H groups in total. The third-order valence-electron chi connectivity index (χ3n) is 3.94. The van der Waals surface area contributed by atoms with E-state index in [4.69, 9.17) is 4.42 Å². The first-order valence-electron chi connectivity index (χ1n) is 9.12. The third-order valence-corrected chi connectivity index (χ3v) is 3.94. The van der Waals surface area contributed by atoms with Gasteiger partial charge in [0, 0.05) is 18.7 Å². The average Bonchev–Trinajstić information content (AvgIpc) is 3.20. The van der Waals surface area contributed by atoms with Crippen molar-refractivity contribution in [1.29, 1.82) is 0 Å². The number of rotatable bonds is 8. The topological polar surface area (TPSA) is 98.9 Å². The second kappa shape index (κ2) is 11.7. The molecular weight excluding hydrogens is 471 g/mol. The zero-order valence-corrected chi connectivity index (χ0v) is 18.8. The van der Waals surface area contributed by atoms with E-state index < -0.39 is 5.60 Å². The number of hydrogen-bond acceptors (Lipinski definition) is 4. The maximum atomic E-state index is 12.0. The fourth-order valence-corrected chi connectivity index (χ4v) is 2.51. The van der Waals surface area contributed by atoms with Crippen molar-refractivity contribution < 1.29 is 14.3 Å². The molecule has 0 spiro atoms.